The van der Waals surface area contributed by atoms with Gasteiger partial charge < -0.3 is 44.8 Å². The molecule has 4 aromatic rings. The second kappa shape index (κ2) is 25.2. The van der Waals surface area contributed by atoms with Crippen LogP contribution >= 0.6 is 0 Å². The first kappa shape index (κ1) is 61.7. The average Bonchev–Trinajstić information content (AvgIpc) is 1.57. The van der Waals surface area contributed by atoms with Crippen molar-refractivity contribution >= 4 is 41.5 Å². The molecule has 5 amide bonds. The number of nitrogens with one attached hydrogen (secondary N) is 1. The molecule has 2 aromatic carbocycles. The number of ether oxygens (including phenoxy) is 1. The van der Waals surface area contributed by atoms with Crippen molar-refractivity contribution in [1.82, 2.24) is 49.4 Å². The predicted octanol–water partition coefficient (Wildman–Crippen LogP) is 5.51. The van der Waals surface area contributed by atoms with Crippen molar-refractivity contribution in [2.75, 3.05) is 91.8 Å². The van der Waals surface area contributed by atoms with E-state index in [1.807, 2.05) is 0 Å². The first-order chi connectivity index (χ1) is 40.9. The molecule has 4 saturated heterocycles. The zero-order valence-electron chi connectivity index (χ0n) is 48.4. The molecule has 6 heterocycles. The molecule has 12 rings (SSSR count). The van der Waals surface area contributed by atoms with E-state index in [9.17, 15) is 65.0 Å². The van der Waals surface area contributed by atoms with Gasteiger partial charge in [-0.15, -0.1) is 0 Å². The monoisotopic (exact) mass is 1210 g/mol. The number of carbonyl (C=O) groups excluding carboxylic acids is 6. The van der Waals surface area contributed by atoms with E-state index < -0.39 is 42.0 Å². The number of aliphatic hydroxyl groups is 1. The zero-order chi connectivity index (χ0) is 61.5. The van der Waals surface area contributed by atoms with Gasteiger partial charge in [0.2, 0.25) is 17.7 Å². The van der Waals surface area contributed by atoms with Gasteiger partial charge in [-0.3, -0.25) is 38.1 Å². The highest BCUT2D eigenvalue weighted by Crippen LogP contribution is 2.58. The first-order valence-corrected chi connectivity index (χ1v) is 29.5. The lowest BCUT2D eigenvalue weighted by Gasteiger charge is -2.34. The van der Waals surface area contributed by atoms with Gasteiger partial charge >= 0.3 is 24.3 Å². The molecule has 0 unspecified atom stereocenters. The van der Waals surface area contributed by atoms with E-state index in [-0.39, 0.29) is 83.8 Å². The number of benzene rings is 2. The quantitative estimate of drug-likeness (QED) is 0.124. The molecule has 2 saturated carbocycles. The third-order valence-electron chi connectivity index (χ3n) is 18.5. The molecule has 26 heteroatoms. The van der Waals surface area contributed by atoms with Crippen molar-refractivity contribution in [3.8, 4) is 0 Å². The number of fused-ring (bicyclic) bond motifs is 6. The fraction of sp³-hybridized carbons (Fsp3) is 0.583. The second-order valence-electron chi connectivity index (χ2n) is 23.7. The molecule has 4 aliphatic heterocycles. The zero-order valence-corrected chi connectivity index (χ0v) is 48.4. The van der Waals surface area contributed by atoms with Crippen LogP contribution in [0, 0.1) is 25.7 Å². The van der Waals surface area contributed by atoms with Crippen LogP contribution in [-0.4, -0.2) is 187 Å². The molecular weight excluding hydrogens is 1130 g/mol. The number of esters is 1. The Morgan fingerprint density at radius 2 is 1.00 bits per heavy atom. The number of rotatable bonds is 11. The van der Waals surface area contributed by atoms with Gasteiger partial charge in [0, 0.05) is 108 Å². The van der Waals surface area contributed by atoms with Gasteiger partial charge in [-0.2, -0.15) is 36.5 Å². The van der Waals surface area contributed by atoms with Crippen LogP contribution in [0.3, 0.4) is 0 Å². The number of piperidine rings is 2. The highest BCUT2D eigenvalue weighted by atomic mass is 19.4. The number of aromatic nitrogens is 4. The van der Waals surface area contributed by atoms with Gasteiger partial charge in [0.25, 0.3) is 11.8 Å². The minimum absolute atomic E-state index is 0.00229. The van der Waals surface area contributed by atoms with E-state index in [2.05, 4.69) is 20.3 Å². The summed E-state index contributed by atoms with van der Waals surface area (Å²) in [5.41, 5.74) is 4.74. The molecule has 4 atom stereocenters. The molecule has 4 aliphatic carbocycles. The van der Waals surface area contributed by atoms with Crippen molar-refractivity contribution in [1.29, 1.82) is 0 Å². The number of halogens is 6. The molecule has 8 aliphatic rings. The normalized spacial score (nSPS) is 21.7. The maximum Gasteiger partial charge on any atom is 0.416 e. The fourth-order valence-electron chi connectivity index (χ4n) is 13.7. The minimum Gasteiger partial charge on any atom is -0.476 e. The number of aliphatic hydroxyl groups excluding tert-OH is 1. The summed E-state index contributed by atoms with van der Waals surface area (Å²) in [5, 5.41) is 30.6. The van der Waals surface area contributed by atoms with E-state index in [1.165, 1.54) is 32.9 Å². The molecule has 3 N–H and O–H groups in total. The number of hydrogen-bond donors (Lipinski definition) is 3. The number of amides is 5. The average molecular weight is 1210 g/mol. The van der Waals surface area contributed by atoms with Crippen molar-refractivity contribution < 1.29 is 74.9 Å². The standard InChI is InChI=1S/C29H34F3N5O4.C23H24F3N3O3.C8H14N2O3/c1-17-20(3-2-4-22(17)29(30,31)32)18-5-7-34(8-6-18)24(39)15-37-23-14-19-13-21(19)26(23)27(33-37)28(41)36-11-9-35(10-12-36)25(40)16-38;1-12-15(3-2-4-17(12)23(24,25)26)13-5-7-28(8-6-13)19(30)11-29-18-10-14-9-16(14)20(18)21(27-29)22(31)32;1-7(11)13-6-8(12)10-4-2-9-3-5-10/h2-4,18-19,21,38H,5-16H2,1H3;2-4,13-14,16H,5-11H2,1H3,(H,31,32);9H,2-6H2,1H3/t19-,21-;14-,16-;/m11./s1. The number of hydrogen-bond acceptors (Lipinski definition) is 12. The molecule has 20 nitrogen and oxygen atoms in total. The predicted molar refractivity (Wildman–Crippen MR) is 296 cm³/mol. The van der Waals surface area contributed by atoms with Crippen molar-refractivity contribution in [3.05, 3.63) is 104 Å². The van der Waals surface area contributed by atoms with E-state index in [1.54, 1.807) is 46.0 Å². The van der Waals surface area contributed by atoms with Crippen LogP contribution < -0.4 is 5.32 Å². The lowest BCUT2D eigenvalue weighted by Crippen LogP contribution is -2.51. The molecule has 0 radical (unpaired) electrons. The maximum atomic E-state index is 13.5. The molecule has 86 heavy (non-hydrogen) atoms. The Kier molecular flexibility index (Phi) is 18.1. The van der Waals surface area contributed by atoms with Gasteiger partial charge in [0.1, 0.15) is 19.7 Å². The Hall–Kier alpha value is -7.35. The number of carboxylic acid groups (broad SMARTS) is 1. The van der Waals surface area contributed by atoms with Gasteiger partial charge in [-0.05, 0) is 135 Å². The Labute approximate surface area is 492 Å². The largest absolute Gasteiger partial charge is 0.476 e. The highest BCUT2D eigenvalue weighted by molar-refractivity contribution is 5.95. The Bertz CT molecular complexity index is 3260. The van der Waals surface area contributed by atoms with Crippen molar-refractivity contribution in [2.24, 2.45) is 11.8 Å². The smallest absolute Gasteiger partial charge is 0.416 e. The van der Waals surface area contributed by atoms with Crippen LogP contribution in [0.4, 0.5) is 26.3 Å². The minimum atomic E-state index is -4.39. The van der Waals surface area contributed by atoms with Crippen LogP contribution in [0.25, 0.3) is 0 Å². The summed E-state index contributed by atoms with van der Waals surface area (Å²) in [6.07, 6.45) is -2.83. The number of likely N-dealkylation sites (tertiary alicyclic amines) is 2. The van der Waals surface area contributed by atoms with Crippen LogP contribution in [0.2, 0.25) is 0 Å². The van der Waals surface area contributed by atoms with Crippen LogP contribution in [-0.2, 0) is 67.0 Å². The number of carboxylic acids is 1. The molecule has 0 bridgehead atoms. The number of aromatic carboxylic acids is 1. The Morgan fingerprint density at radius 3 is 1.43 bits per heavy atom. The van der Waals surface area contributed by atoms with E-state index in [0.29, 0.717) is 126 Å². The SMILES string of the molecule is CC(=O)OCC(=O)N1CCNCC1.Cc1c(C2CCN(C(=O)Cn3nc(C(=O)N4CCN(C(=O)CO)CC4)c4c3C[C@H]3C[C@@H]43)CC2)cccc1C(F)(F)F.Cc1c(C2CCN(C(=O)Cn3nc(C(=O)O)c4c3C[C@H]3C[C@@H]43)CC2)cccc1C(F)(F)F. The molecule has 464 valence electrons. The van der Waals surface area contributed by atoms with Gasteiger partial charge in [-0.25, -0.2) is 4.79 Å². The number of alkyl halides is 6. The summed E-state index contributed by atoms with van der Waals surface area (Å²) < 4.78 is 87.8. The molecule has 6 fully saturated rings. The lowest BCUT2D eigenvalue weighted by molar-refractivity contribution is -0.150. The van der Waals surface area contributed by atoms with Crippen LogP contribution in [0.5, 0.6) is 0 Å². The summed E-state index contributed by atoms with van der Waals surface area (Å²) in [6, 6.07) is 8.63. The van der Waals surface area contributed by atoms with Crippen molar-refractivity contribution in [3.63, 3.8) is 0 Å². The lowest BCUT2D eigenvalue weighted by atomic mass is 9.85. The fourth-order valence-corrected chi connectivity index (χ4v) is 13.7. The van der Waals surface area contributed by atoms with Crippen LogP contribution in [0.1, 0.15) is 146 Å². The number of piperazine rings is 2. The Balaban J connectivity index is 0.000000161. The summed E-state index contributed by atoms with van der Waals surface area (Å²) >= 11 is 0. The molecule has 0 spiro atoms. The highest BCUT2D eigenvalue weighted by Gasteiger charge is 2.52. The summed E-state index contributed by atoms with van der Waals surface area (Å²) in [5.74, 6) is -0.891. The topological polar surface area (TPSA) is 233 Å². The van der Waals surface area contributed by atoms with E-state index >= 15 is 0 Å². The second-order valence-corrected chi connectivity index (χ2v) is 23.7. The van der Waals surface area contributed by atoms with E-state index in [0.717, 1.165) is 73.4 Å². The van der Waals surface area contributed by atoms with Gasteiger partial charge in [0.05, 0.1) is 11.1 Å². The first-order valence-electron chi connectivity index (χ1n) is 29.5. The van der Waals surface area contributed by atoms with Crippen LogP contribution in [0.15, 0.2) is 36.4 Å². The number of nitrogens with zero attached hydrogens (tertiary/aromatic N) is 9. The Morgan fingerprint density at radius 1 is 0.581 bits per heavy atom. The molecular formula is C60H72F6N10O10. The summed E-state index contributed by atoms with van der Waals surface area (Å²) in [7, 11) is 0. The molecule has 2 aromatic heterocycles. The third kappa shape index (κ3) is 13.3. The third-order valence-corrected chi connectivity index (χ3v) is 18.5. The summed E-state index contributed by atoms with van der Waals surface area (Å²) in [6.45, 7) is 9.95. The van der Waals surface area contributed by atoms with Gasteiger partial charge in [-0.1, -0.05) is 24.3 Å². The van der Waals surface area contributed by atoms with Crippen molar-refractivity contribution in [2.45, 2.75) is 121 Å². The maximum absolute atomic E-state index is 13.5. The number of carbonyl (C=O) groups is 7. The summed E-state index contributed by atoms with van der Waals surface area (Å²) in [4.78, 5) is 93.2. The van der Waals surface area contributed by atoms with Gasteiger partial charge in [0.15, 0.2) is 18.0 Å². The van der Waals surface area contributed by atoms with E-state index in [4.69, 9.17) is 5.11 Å².